The van der Waals surface area contributed by atoms with Gasteiger partial charge in [0.2, 0.25) is 0 Å². The quantitative estimate of drug-likeness (QED) is 0.282. The van der Waals surface area contributed by atoms with Crippen LogP contribution in [0.2, 0.25) is 6.04 Å². The molecule has 0 N–H and O–H groups in total. The van der Waals surface area contributed by atoms with Crippen LogP contribution >= 0.6 is 11.1 Å². The van der Waals surface area contributed by atoms with E-state index in [0.29, 0.717) is 8.83 Å². The van der Waals surface area contributed by atoms with Gasteiger partial charge in [-0.25, -0.2) is 0 Å². The minimum absolute atomic E-state index is 0.390. The Kier molecular flexibility index (Phi) is 4.69. The van der Waals surface area contributed by atoms with Crippen LogP contribution in [-0.2, 0) is 0 Å². The number of allylic oxidation sites excluding steroid dienone is 1. The first kappa shape index (κ1) is 16.1. The van der Waals surface area contributed by atoms with Crippen LogP contribution in [0.3, 0.4) is 0 Å². The Hall–Kier alpha value is -2.35. The summed E-state index contributed by atoms with van der Waals surface area (Å²) in [5, 5.41) is 5.09. The topological polar surface area (TPSA) is 0 Å². The van der Waals surface area contributed by atoms with Gasteiger partial charge in [-0.05, 0) is 44.3 Å². The van der Waals surface area contributed by atoms with E-state index in [1.54, 1.807) is 0 Å². The van der Waals surface area contributed by atoms with Gasteiger partial charge in [0.25, 0.3) is 0 Å². The Bertz CT molecular complexity index is 974. The highest BCUT2D eigenvalue weighted by molar-refractivity contribution is 6.93. The molecule has 4 aromatic rings. The van der Waals surface area contributed by atoms with Gasteiger partial charge in [-0.3, -0.25) is 0 Å². The lowest BCUT2D eigenvalue weighted by molar-refractivity contribution is 1.58. The average Bonchev–Trinajstić information content (AvgIpc) is 2.68. The SMILES string of the molecule is Cl[Si]CC=C(c1cccc2ccccc12)c1cccc2ccccc12. The van der Waals surface area contributed by atoms with E-state index < -0.39 is 0 Å². The minimum Gasteiger partial charge on any atom is -0.171 e. The third-order valence-electron chi connectivity index (χ3n) is 4.54. The predicted molar refractivity (Wildman–Crippen MR) is 111 cm³/mol. The molecule has 2 radical (unpaired) electrons. The van der Waals surface area contributed by atoms with Gasteiger partial charge in [-0.1, -0.05) is 91.0 Å². The van der Waals surface area contributed by atoms with E-state index in [4.69, 9.17) is 11.1 Å². The number of fused-ring (bicyclic) bond motifs is 2. The highest BCUT2D eigenvalue weighted by Gasteiger charge is 2.11. The van der Waals surface area contributed by atoms with Crippen LogP contribution in [0.5, 0.6) is 0 Å². The molecule has 25 heavy (non-hydrogen) atoms. The van der Waals surface area contributed by atoms with E-state index >= 15 is 0 Å². The fourth-order valence-electron chi connectivity index (χ4n) is 3.43. The molecule has 0 saturated carbocycles. The Morgan fingerprint density at radius 1 is 0.680 bits per heavy atom. The zero-order valence-corrected chi connectivity index (χ0v) is 15.5. The van der Waals surface area contributed by atoms with Crippen molar-refractivity contribution in [1.29, 1.82) is 0 Å². The summed E-state index contributed by atoms with van der Waals surface area (Å²) in [5.74, 6) is 0. The van der Waals surface area contributed by atoms with Crippen molar-refractivity contribution in [2.75, 3.05) is 0 Å². The molecule has 0 saturated heterocycles. The summed E-state index contributed by atoms with van der Waals surface area (Å²) in [7, 11) is 0.390. The molecule has 0 aliphatic heterocycles. The Morgan fingerprint density at radius 2 is 1.16 bits per heavy atom. The highest BCUT2D eigenvalue weighted by Crippen LogP contribution is 2.34. The first-order valence-electron chi connectivity index (χ1n) is 8.38. The van der Waals surface area contributed by atoms with E-state index in [9.17, 15) is 0 Å². The second kappa shape index (κ2) is 7.26. The number of rotatable bonds is 4. The van der Waals surface area contributed by atoms with Gasteiger partial charge < -0.3 is 0 Å². The number of hydrogen-bond acceptors (Lipinski definition) is 0. The Labute approximate surface area is 155 Å². The summed E-state index contributed by atoms with van der Waals surface area (Å²) in [5.41, 5.74) is 3.80. The fourth-order valence-corrected chi connectivity index (χ4v) is 3.94. The Morgan fingerprint density at radius 3 is 1.68 bits per heavy atom. The first-order chi connectivity index (χ1) is 12.4. The van der Waals surface area contributed by atoms with Gasteiger partial charge in [0.05, 0.1) is 0 Å². The zero-order valence-electron chi connectivity index (χ0n) is 13.7. The van der Waals surface area contributed by atoms with E-state index in [1.165, 1.54) is 38.2 Å². The summed E-state index contributed by atoms with van der Waals surface area (Å²) in [6.45, 7) is 0. The zero-order chi connectivity index (χ0) is 17.1. The van der Waals surface area contributed by atoms with Crippen molar-refractivity contribution in [2.45, 2.75) is 6.04 Å². The number of benzene rings is 4. The molecular weight excluding hydrogens is 340 g/mol. The van der Waals surface area contributed by atoms with Gasteiger partial charge in [0.1, 0.15) is 0 Å². The third-order valence-corrected chi connectivity index (χ3v) is 5.36. The average molecular weight is 357 g/mol. The lowest BCUT2D eigenvalue weighted by Gasteiger charge is -2.14. The first-order valence-corrected chi connectivity index (χ1v) is 10.6. The van der Waals surface area contributed by atoms with Gasteiger partial charge in [-0.2, -0.15) is 11.1 Å². The van der Waals surface area contributed by atoms with Crippen LogP contribution in [-0.4, -0.2) is 8.83 Å². The molecule has 4 rings (SSSR count). The molecule has 0 aliphatic carbocycles. The summed E-state index contributed by atoms with van der Waals surface area (Å²) in [6, 6.07) is 31.1. The van der Waals surface area contributed by atoms with E-state index in [2.05, 4.69) is 91.0 Å². The van der Waals surface area contributed by atoms with Crippen molar-refractivity contribution in [3.05, 3.63) is 102 Å². The van der Waals surface area contributed by atoms with Gasteiger partial charge in [0, 0.05) is 0 Å². The standard InChI is InChI=1S/C23H17ClSi/c24-25-16-15-23(21-13-5-9-17-7-1-3-11-19(17)21)22-14-6-10-18-8-2-4-12-20(18)22/h1-15H,16H2. The summed E-state index contributed by atoms with van der Waals surface area (Å²) in [6.07, 6.45) is 2.29. The largest absolute Gasteiger partial charge is 0.175 e. The normalized spacial score (nSPS) is 10.9. The lowest BCUT2D eigenvalue weighted by atomic mass is 9.90. The Balaban J connectivity index is 2.01. The van der Waals surface area contributed by atoms with Gasteiger partial charge in [0.15, 0.2) is 8.83 Å². The molecule has 0 amide bonds. The maximum Gasteiger partial charge on any atom is 0.175 e. The van der Waals surface area contributed by atoms with E-state index in [-0.39, 0.29) is 0 Å². The monoisotopic (exact) mass is 356 g/mol. The molecule has 0 atom stereocenters. The molecule has 0 heterocycles. The molecule has 0 aliphatic rings. The second-order valence-electron chi connectivity index (χ2n) is 6.01. The summed E-state index contributed by atoms with van der Waals surface area (Å²) >= 11 is 6.04. The molecule has 0 nitrogen and oxygen atoms in total. The molecule has 0 fully saturated rings. The molecule has 2 heteroatoms. The van der Waals surface area contributed by atoms with E-state index in [1.807, 2.05) is 0 Å². The second-order valence-corrected chi connectivity index (χ2v) is 7.49. The molecule has 0 unspecified atom stereocenters. The third kappa shape index (κ3) is 3.13. The van der Waals surface area contributed by atoms with Crippen LogP contribution < -0.4 is 0 Å². The van der Waals surface area contributed by atoms with Crippen LogP contribution in [0.15, 0.2) is 91.0 Å². The van der Waals surface area contributed by atoms with E-state index in [0.717, 1.165) is 6.04 Å². The van der Waals surface area contributed by atoms with Gasteiger partial charge in [-0.15, -0.1) is 0 Å². The lowest BCUT2D eigenvalue weighted by Crippen LogP contribution is -1.92. The predicted octanol–water partition coefficient (Wildman–Crippen LogP) is 6.70. The molecule has 4 aromatic carbocycles. The van der Waals surface area contributed by atoms with Crippen LogP contribution in [0.25, 0.3) is 27.1 Å². The molecular formula is C23H17ClSi. The number of hydrogen-bond donors (Lipinski definition) is 0. The maximum atomic E-state index is 6.04. The van der Waals surface area contributed by atoms with Crippen molar-refractivity contribution in [3.8, 4) is 0 Å². The van der Waals surface area contributed by atoms with Crippen LogP contribution in [0, 0.1) is 0 Å². The van der Waals surface area contributed by atoms with Crippen molar-refractivity contribution < 1.29 is 0 Å². The molecule has 0 bridgehead atoms. The molecule has 120 valence electrons. The van der Waals surface area contributed by atoms with Gasteiger partial charge >= 0.3 is 0 Å². The van der Waals surface area contributed by atoms with Crippen molar-refractivity contribution >= 4 is 47.0 Å². The fraction of sp³-hybridized carbons (Fsp3) is 0.0435. The number of halogens is 1. The van der Waals surface area contributed by atoms with Crippen molar-refractivity contribution in [3.63, 3.8) is 0 Å². The summed E-state index contributed by atoms with van der Waals surface area (Å²) in [4.78, 5) is 0. The smallest absolute Gasteiger partial charge is 0.171 e. The van der Waals surface area contributed by atoms with Crippen molar-refractivity contribution in [1.82, 2.24) is 0 Å². The maximum absolute atomic E-state index is 6.04. The van der Waals surface area contributed by atoms with Crippen LogP contribution in [0.1, 0.15) is 11.1 Å². The molecule has 0 spiro atoms. The minimum atomic E-state index is 0.390. The highest BCUT2D eigenvalue weighted by atomic mass is 35.6. The molecule has 0 aromatic heterocycles. The van der Waals surface area contributed by atoms with Crippen LogP contribution in [0.4, 0.5) is 0 Å². The van der Waals surface area contributed by atoms with Crippen molar-refractivity contribution in [2.24, 2.45) is 0 Å². The summed E-state index contributed by atoms with van der Waals surface area (Å²) < 4.78 is 0.